The first-order chi connectivity index (χ1) is 15.2. The summed E-state index contributed by atoms with van der Waals surface area (Å²) in [7, 11) is 0. The minimum atomic E-state index is 0.0944. The first kappa shape index (κ1) is 20.0. The molecule has 1 fully saturated rings. The van der Waals surface area contributed by atoms with E-state index < -0.39 is 0 Å². The molecule has 0 amide bonds. The molecule has 3 nitrogen and oxygen atoms in total. The van der Waals surface area contributed by atoms with Gasteiger partial charge in [-0.1, -0.05) is 72.8 Å². The fraction of sp³-hybridized carbons (Fsp3) is 0.321. The SMILES string of the molecule is CC(C)n1c(CN2CCC(c3ccccc3)(c3ccccc3)CC2)nc2ccccc21. The lowest BCUT2D eigenvalue weighted by Gasteiger charge is -2.43. The van der Waals surface area contributed by atoms with Crippen LogP contribution in [0.4, 0.5) is 0 Å². The van der Waals surface area contributed by atoms with Gasteiger partial charge in [0.1, 0.15) is 5.82 Å². The molecular formula is C28H31N3. The van der Waals surface area contributed by atoms with Gasteiger partial charge in [-0.3, -0.25) is 4.90 Å². The van der Waals surface area contributed by atoms with Crippen LogP contribution in [0, 0.1) is 0 Å². The normalized spacial score (nSPS) is 16.7. The van der Waals surface area contributed by atoms with Gasteiger partial charge in [-0.05, 0) is 63.0 Å². The maximum atomic E-state index is 5.00. The average Bonchev–Trinajstić information content (AvgIpc) is 3.19. The highest BCUT2D eigenvalue weighted by Crippen LogP contribution is 2.42. The second-order valence-electron chi connectivity index (χ2n) is 9.07. The maximum absolute atomic E-state index is 5.00. The lowest BCUT2D eigenvalue weighted by molar-refractivity contribution is 0.166. The average molecular weight is 410 g/mol. The Bertz CT molecular complexity index is 1100. The molecule has 2 heterocycles. The quantitative estimate of drug-likeness (QED) is 0.391. The second kappa shape index (κ2) is 8.32. The molecule has 4 aromatic rings. The molecule has 0 unspecified atom stereocenters. The number of nitrogens with zero attached hydrogens (tertiary/aromatic N) is 3. The molecule has 1 aromatic heterocycles. The number of piperidine rings is 1. The highest BCUT2D eigenvalue weighted by Gasteiger charge is 2.37. The van der Waals surface area contributed by atoms with Gasteiger partial charge in [-0.2, -0.15) is 0 Å². The fourth-order valence-corrected chi connectivity index (χ4v) is 5.33. The summed E-state index contributed by atoms with van der Waals surface area (Å²) in [6, 6.07) is 31.1. The molecule has 0 bridgehead atoms. The van der Waals surface area contributed by atoms with Crippen molar-refractivity contribution < 1.29 is 0 Å². The van der Waals surface area contributed by atoms with E-state index in [0.717, 1.165) is 38.0 Å². The molecule has 5 rings (SSSR count). The number of benzene rings is 3. The van der Waals surface area contributed by atoms with Crippen molar-refractivity contribution in [3.8, 4) is 0 Å². The summed E-state index contributed by atoms with van der Waals surface area (Å²) in [5.41, 5.74) is 5.32. The molecule has 0 radical (unpaired) electrons. The van der Waals surface area contributed by atoms with Crippen LogP contribution < -0.4 is 0 Å². The number of fused-ring (bicyclic) bond motifs is 1. The Morgan fingerprint density at radius 1 is 0.774 bits per heavy atom. The van der Waals surface area contributed by atoms with Crippen LogP contribution in [-0.2, 0) is 12.0 Å². The number of aromatic nitrogens is 2. The molecule has 3 aromatic carbocycles. The summed E-state index contributed by atoms with van der Waals surface area (Å²) in [6.07, 6.45) is 2.26. The Balaban J connectivity index is 1.42. The molecule has 1 aliphatic rings. The molecule has 0 spiro atoms. The van der Waals surface area contributed by atoms with Gasteiger partial charge in [-0.15, -0.1) is 0 Å². The van der Waals surface area contributed by atoms with Gasteiger partial charge in [0.2, 0.25) is 0 Å². The topological polar surface area (TPSA) is 21.1 Å². The highest BCUT2D eigenvalue weighted by molar-refractivity contribution is 5.76. The Hall–Kier alpha value is -2.91. The Labute approximate surface area is 185 Å². The molecule has 3 heteroatoms. The molecule has 158 valence electrons. The molecule has 31 heavy (non-hydrogen) atoms. The smallest absolute Gasteiger partial charge is 0.124 e. The van der Waals surface area contributed by atoms with Gasteiger partial charge in [0, 0.05) is 11.5 Å². The van der Waals surface area contributed by atoms with Crippen molar-refractivity contribution in [2.45, 2.75) is 44.7 Å². The monoisotopic (exact) mass is 409 g/mol. The van der Waals surface area contributed by atoms with Crippen molar-refractivity contribution >= 4 is 11.0 Å². The van der Waals surface area contributed by atoms with Gasteiger partial charge in [-0.25, -0.2) is 4.98 Å². The Kier molecular flexibility index (Phi) is 5.37. The minimum absolute atomic E-state index is 0.0944. The molecule has 0 atom stereocenters. The molecule has 0 aliphatic carbocycles. The van der Waals surface area contributed by atoms with E-state index in [0.29, 0.717) is 6.04 Å². The number of para-hydroxylation sites is 2. The van der Waals surface area contributed by atoms with Crippen LogP contribution in [0.1, 0.15) is 49.7 Å². The van der Waals surface area contributed by atoms with Crippen LogP contribution in [-0.4, -0.2) is 27.5 Å². The van der Waals surface area contributed by atoms with Crippen LogP contribution in [0.2, 0.25) is 0 Å². The first-order valence-corrected chi connectivity index (χ1v) is 11.5. The Morgan fingerprint density at radius 2 is 1.32 bits per heavy atom. The van der Waals surface area contributed by atoms with Crippen molar-refractivity contribution in [3.63, 3.8) is 0 Å². The van der Waals surface area contributed by atoms with E-state index in [1.54, 1.807) is 0 Å². The molecule has 1 aliphatic heterocycles. The van der Waals surface area contributed by atoms with E-state index in [2.05, 4.69) is 108 Å². The molecule has 0 N–H and O–H groups in total. The van der Waals surface area contributed by atoms with E-state index in [1.807, 2.05) is 0 Å². The first-order valence-electron chi connectivity index (χ1n) is 11.5. The zero-order chi connectivity index (χ0) is 21.3. The summed E-state index contributed by atoms with van der Waals surface area (Å²) < 4.78 is 2.41. The van der Waals surface area contributed by atoms with Gasteiger partial charge in [0.15, 0.2) is 0 Å². The third kappa shape index (κ3) is 3.68. The van der Waals surface area contributed by atoms with Gasteiger partial charge in [0.05, 0.1) is 17.6 Å². The zero-order valence-electron chi connectivity index (χ0n) is 18.5. The number of hydrogen-bond acceptors (Lipinski definition) is 2. The third-order valence-corrected chi connectivity index (χ3v) is 6.91. The highest BCUT2D eigenvalue weighted by atomic mass is 15.2. The lowest BCUT2D eigenvalue weighted by atomic mass is 9.68. The van der Waals surface area contributed by atoms with Crippen molar-refractivity contribution in [1.29, 1.82) is 0 Å². The fourth-order valence-electron chi connectivity index (χ4n) is 5.33. The summed E-state index contributed by atoms with van der Waals surface area (Å²) in [4.78, 5) is 7.59. The predicted octanol–water partition coefficient (Wildman–Crippen LogP) is 6.20. The van der Waals surface area contributed by atoms with E-state index in [1.165, 1.54) is 22.5 Å². The van der Waals surface area contributed by atoms with Crippen LogP contribution in [0.3, 0.4) is 0 Å². The summed E-state index contributed by atoms with van der Waals surface area (Å²) >= 11 is 0. The maximum Gasteiger partial charge on any atom is 0.124 e. The molecule has 0 saturated carbocycles. The van der Waals surface area contributed by atoms with Crippen molar-refractivity contribution in [2.75, 3.05) is 13.1 Å². The molecule has 1 saturated heterocycles. The number of hydrogen-bond donors (Lipinski definition) is 0. The summed E-state index contributed by atoms with van der Waals surface area (Å²) in [6.45, 7) is 7.57. The van der Waals surface area contributed by atoms with Crippen LogP contribution in [0.15, 0.2) is 84.9 Å². The van der Waals surface area contributed by atoms with Crippen LogP contribution >= 0.6 is 0 Å². The minimum Gasteiger partial charge on any atom is -0.324 e. The zero-order valence-corrected chi connectivity index (χ0v) is 18.5. The number of imidazole rings is 1. The van der Waals surface area contributed by atoms with Gasteiger partial charge in [0.25, 0.3) is 0 Å². The summed E-state index contributed by atoms with van der Waals surface area (Å²) in [5, 5.41) is 0. The number of rotatable bonds is 5. The standard InChI is InChI=1S/C28H31N3/c1-22(2)31-26-16-10-9-15-25(26)29-27(31)21-30-19-17-28(18-20-30,23-11-5-3-6-12-23)24-13-7-4-8-14-24/h3-16,22H,17-21H2,1-2H3. The van der Waals surface area contributed by atoms with E-state index in [4.69, 9.17) is 4.98 Å². The van der Waals surface area contributed by atoms with Gasteiger partial charge < -0.3 is 4.57 Å². The van der Waals surface area contributed by atoms with E-state index in [9.17, 15) is 0 Å². The molecular weight excluding hydrogens is 378 g/mol. The van der Waals surface area contributed by atoms with Crippen molar-refractivity contribution in [2.24, 2.45) is 0 Å². The summed E-state index contributed by atoms with van der Waals surface area (Å²) in [5.74, 6) is 1.18. The van der Waals surface area contributed by atoms with Gasteiger partial charge >= 0.3 is 0 Å². The number of likely N-dealkylation sites (tertiary alicyclic amines) is 1. The van der Waals surface area contributed by atoms with Crippen LogP contribution in [0.25, 0.3) is 11.0 Å². The largest absolute Gasteiger partial charge is 0.324 e. The lowest BCUT2D eigenvalue weighted by Crippen LogP contribution is -2.43. The van der Waals surface area contributed by atoms with Crippen molar-refractivity contribution in [3.05, 3.63) is 102 Å². The van der Waals surface area contributed by atoms with Crippen molar-refractivity contribution in [1.82, 2.24) is 14.5 Å². The van der Waals surface area contributed by atoms with E-state index >= 15 is 0 Å². The third-order valence-electron chi connectivity index (χ3n) is 6.91. The van der Waals surface area contributed by atoms with Crippen LogP contribution in [0.5, 0.6) is 0 Å². The Morgan fingerprint density at radius 3 is 1.90 bits per heavy atom. The second-order valence-corrected chi connectivity index (χ2v) is 9.07. The predicted molar refractivity (Wildman–Crippen MR) is 128 cm³/mol. The van der Waals surface area contributed by atoms with E-state index in [-0.39, 0.29) is 5.41 Å².